The largest absolute Gasteiger partial charge is 0.487 e. The van der Waals surface area contributed by atoms with Gasteiger partial charge in [0.05, 0.1) is 0 Å². The molecule has 3 heteroatoms. The molecule has 0 aliphatic carbocycles. The van der Waals surface area contributed by atoms with Crippen LogP contribution in [0.25, 0.3) is 0 Å². The maximum absolute atomic E-state index is 9.58. The molecule has 1 rings (SSSR count). The lowest BCUT2D eigenvalue weighted by atomic mass is 10.4. The normalized spacial score (nSPS) is 8.40. The topological polar surface area (TPSA) is 0 Å². The van der Waals surface area contributed by atoms with Crippen LogP contribution in [0.4, 0.5) is 13.2 Å². The van der Waals surface area contributed by atoms with E-state index in [2.05, 4.69) is 6.07 Å². The van der Waals surface area contributed by atoms with E-state index in [1.54, 1.807) is 0 Å². The molecule has 0 nitrogen and oxygen atoms in total. The highest BCUT2D eigenvalue weighted by atomic mass is 19.4. The van der Waals surface area contributed by atoms with E-state index in [-0.39, 0.29) is 0 Å². The van der Waals surface area contributed by atoms with E-state index in [1.165, 1.54) is 0 Å². The van der Waals surface area contributed by atoms with Gasteiger partial charge in [-0.1, -0.05) is 30.3 Å². The third-order valence-electron chi connectivity index (χ3n) is 0.607. The number of benzene rings is 1. The Kier molecular flexibility index (Phi) is 5.53. The summed E-state index contributed by atoms with van der Waals surface area (Å²) >= 11 is 0. The summed E-state index contributed by atoms with van der Waals surface area (Å²) in [5, 5.41) is 0. The Bertz CT molecular complexity index is 109. The average molecular weight is 146 g/mol. The molecule has 0 unspecified atom stereocenters. The third-order valence-corrected chi connectivity index (χ3v) is 0.607. The van der Waals surface area contributed by atoms with Crippen molar-refractivity contribution >= 4 is 0 Å². The van der Waals surface area contributed by atoms with E-state index >= 15 is 0 Å². The molecule has 0 heterocycles. The van der Waals surface area contributed by atoms with Crippen LogP contribution in [-0.4, -0.2) is 0 Å². The molecule has 0 aliphatic rings. The number of halogens is 3. The molecule has 54 valence electrons. The first-order chi connectivity index (χ1) is 4.73. The molecule has 0 N–H and O–H groups in total. The molecule has 0 aromatic heterocycles. The van der Waals surface area contributed by atoms with Crippen LogP contribution in [0.3, 0.4) is 0 Å². The van der Waals surface area contributed by atoms with Gasteiger partial charge in [0.25, 0.3) is 0 Å². The fourth-order valence-corrected chi connectivity index (χ4v) is 0.342. The van der Waals surface area contributed by atoms with Crippen LogP contribution >= 0.6 is 0 Å². The molecule has 2 radical (unpaired) electrons. The van der Waals surface area contributed by atoms with Gasteiger partial charge in [-0.3, -0.25) is 0 Å². The molecule has 1 aromatic carbocycles. The first-order valence-corrected chi connectivity index (χ1v) is 2.48. The Morgan fingerprint density at radius 3 is 1.40 bits per heavy atom. The predicted molar refractivity (Wildman–Crippen MR) is 31.8 cm³/mol. The lowest BCUT2D eigenvalue weighted by Gasteiger charge is -1.68. The summed E-state index contributed by atoms with van der Waals surface area (Å²) in [7, 11) is 0. The summed E-state index contributed by atoms with van der Waals surface area (Å²) in [5.41, 5.74) is 0. The van der Waals surface area contributed by atoms with Crippen molar-refractivity contribution < 1.29 is 13.2 Å². The summed E-state index contributed by atoms with van der Waals surface area (Å²) in [6.45, 7) is -3.08. The van der Waals surface area contributed by atoms with Crippen molar-refractivity contribution in [1.29, 1.82) is 0 Å². The van der Waals surface area contributed by atoms with Gasteiger partial charge >= 0.3 is 6.68 Å². The van der Waals surface area contributed by atoms with E-state index < -0.39 is 6.68 Å². The molecule has 0 fully saturated rings. The second kappa shape index (κ2) is 6.13. The van der Waals surface area contributed by atoms with Crippen LogP contribution in [0.1, 0.15) is 0 Å². The van der Waals surface area contributed by atoms with Crippen molar-refractivity contribution in [2.75, 3.05) is 0 Å². The van der Waals surface area contributed by atoms with Gasteiger partial charge in [-0.05, 0) is 6.07 Å². The molecule has 0 saturated heterocycles. The Balaban J connectivity index is 0.000000180. The standard InChI is InChI=1S/C6H5.CF3/c1-2-4-6-5-3-1;2-1(3)4/h1-5H;. The zero-order valence-corrected chi connectivity index (χ0v) is 5.02. The minimum Gasteiger partial charge on any atom is -0.162 e. The minimum atomic E-state index is -3.08. The van der Waals surface area contributed by atoms with Crippen LogP contribution in [-0.2, 0) is 0 Å². The first kappa shape index (κ1) is 9.01. The lowest BCUT2D eigenvalue weighted by molar-refractivity contribution is 0.142. The third kappa shape index (κ3) is 10.1. The fourth-order valence-electron chi connectivity index (χ4n) is 0.342. The summed E-state index contributed by atoms with van der Waals surface area (Å²) in [4.78, 5) is 0. The fraction of sp³-hybridized carbons (Fsp3) is 0. The second-order valence-corrected chi connectivity index (χ2v) is 1.29. The highest BCUT2D eigenvalue weighted by Gasteiger charge is 1.93. The molecule has 1 aromatic rings. The van der Waals surface area contributed by atoms with Crippen molar-refractivity contribution in [3.8, 4) is 0 Å². The van der Waals surface area contributed by atoms with Crippen molar-refractivity contribution in [3.05, 3.63) is 43.1 Å². The molecule has 0 saturated carbocycles. The maximum Gasteiger partial charge on any atom is 0.487 e. The second-order valence-electron chi connectivity index (χ2n) is 1.29. The zero-order valence-electron chi connectivity index (χ0n) is 5.02. The van der Waals surface area contributed by atoms with E-state index in [0.29, 0.717) is 0 Å². The number of rotatable bonds is 0. The van der Waals surface area contributed by atoms with Gasteiger partial charge in [-0.25, -0.2) is 0 Å². The van der Waals surface area contributed by atoms with Crippen LogP contribution in [0.15, 0.2) is 30.3 Å². The van der Waals surface area contributed by atoms with Crippen molar-refractivity contribution in [3.63, 3.8) is 0 Å². The van der Waals surface area contributed by atoms with Crippen LogP contribution in [0.2, 0.25) is 0 Å². The van der Waals surface area contributed by atoms with E-state index in [0.717, 1.165) is 0 Å². The highest BCUT2D eigenvalue weighted by molar-refractivity contribution is 4.97. The van der Waals surface area contributed by atoms with Crippen molar-refractivity contribution in [2.45, 2.75) is 0 Å². The van der Waals surface area contributed by atoms with Crippen molar-refractivity contribution in [1.82, 2.24) is 0 Å². The van der Waals surface area contributed by atoms with E-state index in [1.807, 2.05) is 30.3 Å². The van der Waals surface area contributed by atoms with Crippen molar-refractivity contribution in [2.24, 2.45) is 0 Å². The molecule has 0 amide bonds. The van der Waals surface area contributed by atoms with Gasteiger partial charge in [-0.15, -0.1) is 0 Å². The molecule has 0 aliphatic heterocycles. The molecule has 10 heavy (non-hydrogen) atoms. The smallest absolute Gasteiger partial charge is 0.162 e. The minimum absolute atomic E-state index is 1.88. The Hall–Kier alpha value is -0.990. The van der Waals surface area contributed by atoms with Gasteiger partial charge in [0, 0.05) is 0 Å². The summed E-state index contributed by atoms with van der Waals surface area (Å²) in [6.07, 6.45) is 0. The first-order valence-electron chi connectivity index (χ1n) is 2.48. The highest BCUT2D eigenvalue weighted by Crippen LogP contribution is 1.99. The SMILES string of the molecule is F[C](F)F.[c]1ccccc1. The lowest BCUT2D eigenvalue weighted by Crippen LogP contribution is -1.49. The molecule has 0 bridgehead atoms. The monoisotopic (exact) mass is 146 g/mol. The predicted octanol–water partition coefficient (Wildman–Crippen LogP) is 2.83. The quantitative estimate of drug-likeness (QED) is 0.528. The molecule has 0 atom stereocenters. The van der Waals surface area contributed by atoms with Gasteiger partial charge in [0.15, 0.2) is 0 Å². The molecular formula is C7H5F3. The molecule has 0 spiro atoms. The van der Waals surface area contributed by atoms with Gasteiger partial charge < -0.3 is 0 Å². The number of hydrogen-bond donors (Lipinski definition) is 0. The Labute approximate surface area is 57.3 Å². The van der Waals surface area contributed by atoms with Gasteiger partial charge in [-0.2, -0.15) is 13.2 Å². The average Bonchev–Trinajstić information content (AvgIpc) is 1.90. The summed E-state index contributed by atoms with van der Waals surface area (Å²) in [5.74, 6) is 0. The van der Waals surface area contributed by atoms with E-state index in [4.69, 9.17) is 0 Å². The van der Waals surface area contributed by atoms with Gasteiger partial charge in [0.2, 0.25) is 0 Å². The Morgan fingerprint density at radius 2 is 1.30 bits per heavy atom. The zero-order chi connectivity index (χ0) is 7.82. The number of hydrogen-bond acceptors (Lipinski definition) is 0. The summed E-state index contributed by atoms with van der Waals surface area (Å²) < 4.78 is 28.8. The molecular weight excluding hydrogens is 141 g/mol. The van der Waals surface area contributed by atoms with Crippen LogP contribution in [0, 0.1) is 12.7 Å². The van der Waals surface area contributed by atoms with Crippen LogP contribution < -0.4 is 0 Å². The van der Waals surface area contributed by atoms with Gasteiger partial charge in [0.1, 0.15) is 0 Å². The van der Waals surface area contributed by atoms with E-state index in [9.17, 15) is 13.2 Å². The van der Waals surface area contributed by atoms with Crippen LogP contribution in [0.5, 0.6) is 0 Å². The summed E-state index contributed by atoms with van der Waals surface area (Å²) in [6, 6.07) is 12.5. The maximum atomic E-state index is 9.58. The Morgan fingerprint density at radius 1 is 0.900 bits per heavy atom.